The van der Waals surface area contributed by atoms with Gasteiger partial charge in [0, 0.05) is 33.6 Å². The molecular weight excluding hydrogens is 757 g/mol. The van der Waals surface area contributed by atoms with Gasteiger partial charge in [0.2, 0.25) is 0 Å². The van der Waals surface area contributed by atoms with Gasteiger partial charge in [-0.15, -0.1) is 0 Å². The fourth-order valence-electron chi connectivity index (χ4n) is 8.04. The van der Waals surface area contributed by atoms with Crippen LogP contribution in [0.5, 0.6) is 0 Å². The second-order valence-corrected chi connectivity index (χ2v) is 23.0. The minimum atomic E-state index is -3.57. The first-order chi connectivity index (χ1) is 29.1. The van der Waals surface area contributed by atoms with Crippen LogP contribution in [0.3, 0.4) is 0 Å². The van der Waals surface area contributed by atoms with E-state index in [1.807, 2.05) is 24.3 Å². The molecule has 7 rings (SSSR count). The quantitative estimate of drug-likeness (QED) is 0.122. The molecule has 1 aliphatic heterocycles. The second kappa shape index (κ2) is 18.2. The van der Waals surface area contributed by atoms with Crippen LogP contribution in [0.1, 0.15) is 124 Å². The Hall–Kier alpha value is -6.41. The van der Waals surface area contributed by atoms with E-state index in [1.54, 1.807) is 0 Å². The Morgan fingerprint density at radius 3 is 0.717 bits per heavy atom. The molecule has 0 unspecified atom stereocenters. The van der Waals surface area contributed by atoms with Gasteiger partial charge >= 0.3 is 16.8 Å². The molecule has 6 aromatic carbocycles. The smallest absolute Gasteiger partial charge is 0.353 e. The van der Waals surface area contributed by atoms with Crippen LogP contribution in [0.4, 0.5) is 11.4 Å². The molecule has 6 aromatic rings. The highest BCUT2D eigenvalue weighted by Crippen LogP contribution is 2.52. The lowest BCUT2D eigenvalue weighted by atomic mass is 9.93. The van der Waals surface area contributed by atoms with Gasteiger partial charge in [-0.05, 0) is 94.5 Å². The van der Waals surface area contributed by atoms with Crippen LogP contribution in [0.25, 0.3) is 0 Å². The fraction of sp³-hybridized carbons (Fsp3) is 0.214. The molecule has 60 heavy (non-hydrogen) atoms. The van der Waals surface area contributed by atoms with Crippen molar-refractivity contribution in [3.05, 3.63) is 202 Å². The molecule has 1 aliphatic rings. The van der Waals surface area contributed by atoms with Crippen molar-refractivity contribution in [2.45, 2.75) is 79.1 Å². The number of nitrogens with zero attached hydrogens (tertiary/aromatic N) is 2. The molecule has 0 radical (unpaired) electrons. The van der Waals surface area contributed by atoms with E-state index in [0.29, 0.717) is 0 Å². The summed E-state index contributed by atoms with van der Waals surface area (Å²) < 4.78 is 5.37. The van der Waals surface area contributed by atoms with Crippen molar-refractivity contribution in [2.24, 2.45) is 0 Å². The molecule has 0 aromatic heterocycles. The molecule has 4 heteroatoms. The van der Waals surface area contributed by atoms with Crippen molar-refractivity contribution in [3.8, 4) is 45.9 Å². The maximum atomic E-state index is 4.10. The average molecular weight is 811 g/mol. The van der Waals surface area contributed by atoms with E-state index >= 15 is 0 Å². The zero-order chi connectivity index (χ0) is 42.3. The van der Waals surface area contributed by atoms with E-state index in [-0.39, 0.29) is 23.7 Å². The minimum Gasteiger partial charge on any atom is -0.353 e. The molecule has 0 aliphatic carbocycles. The van der Waals surface area contributed by atoms with Crippen LogP contribution in [0.15, 0.2) is 158 Å². The van der Waals surface area contributed by atoms with Crippen LogP contribution in [-0.2, 0) is 0 Å². The Morgan fingerprint density at radius 1 is 0.300 bits per heavy atom. The van der Waals surface area contributed by atoms with Gasteiger partial charge < -0.3 is 8.46 Å². The maximum Gasteiger partial charge on any atom is 0.421 e. The van der Waals surface area contributed by atoms with Crippen LogP contribution in [-0.4, -0.2) is 16.8 Å². The normalized spacial score (nSPS) is 13.6. The number of benzene rings is 6. The summed E-state index contributed by atoms with van der Waals surface area (Å²) in [6.07, 6.45) is 0. The largest absolute Gasteiger partial charge is 0.421 e. The first-order valence-electron chi connectivity index (χ1n) is 21.2. The van der Waals surface area contributed by atoms with E-state index in [0.717, 1.165) is 22.3 Å². The maximum absolute atomic E-state index is 4.10. The predicted octanol–water partition coefficient (Wildman–Crippen LogP) is 12.8. The molecular formula is C56H54N2Si2. The lowest BCUT2D eigenvalue weighted by Crippen LogP contribution is -2.95. The summed E-state index contributed by atoms with van der Waals surface area (Å²) in [5.74, 6) is 15.9. The topological polar surface area (TPSA) is 6.48 Å². The van der Waals surface area contributed by atoms with Crippen LogP contribution in [0, 0.1) is 45.9 Å². The zero-order valence-electron chi connectivity index (χ0n) is 36.2. The van der Waals surface area contributed by atoms with Gasteiger partial charge in [0.05, 0.1) is 0 Å². The lowest BCUT2D eigenvalue weighted by molar-refractivity contribution is 0.826. The van der Waals surface area contributed by atoms with E-state index in [4.69, 9.17) is 0 Å². The third-order valence-electron chi connectivity index (χ3n) is 11.0. The van der Waals surface area contributed by atoms with Gasteiger partial charge in [-0.2, -0.15) is 0 Å². The van der Waals surface area contributed by atoms with E-state index in [2.05, 4.69) is 243 Å². The third kappa shape index (κ3) is 8.37. The molecule has 0 N–H and O–H groups in total. The van der Waals surface area contributed by atoms with Crippen molar-refractivity contribution >= 4 is 28.2 Å². The molecule has 1 saturated heterocycles. The predicted molar refractivity (Wildman–Crippen MR) is 259 cm³/mol. The second-order valence-electron chi connectivity index (χ2n) is 16.7. The van der Waals surface area contributed by atoms with Gasteiger partial charge in [0.25, 0.3) is 0 Å². The Labute approximate surface area is 362 Å². The van der Waals surface area contributed by atoms with Crippen LogP contribution < -0.4 is 8.46 Å². The molecule has 1 fully saturated rings. The van der Waals surface area contributed by atoms with Crippen LogP contribution in [0.2, 0.25) is 0 Å². The molecule has 0 spiro atoms. The molecule has 0 atom stereocenters. The number of para-hydroxylation sites is 2. The Kier molecular flexibility index (Phi) is 12.7. The zero-order valence-corrected chi connectivity index (χ0v) is 38.2. The Balaban J connectivity index is 1.76. The molecule has 296 valence electrons. The highest BCUT2D eigenvalue weighted by molar-refractivity contribution is 7.32. The first kappa shape index (κ1) is 41.7. The SMILES string of the molecule is CC(C)c1cccc(C(C)C)c1N1[Si](C#Cc2ccccc2)(C#Cc2ccccc2)N(c2c(C(C)C)cccc2C(C)C)[Si]1(C#Cc1ccccc1)C#Cc1ccccc1. The highest BCUT2D eigenvalue weighted by atomic mass is 28.5. The number of hydrogen-bond donors (Lipinski definition) is 0. The fourth-order valence-corrected chi connectivity index (χ4v) is 18.7. The summed E-state index contributed by atoms with van der Waals surface area (Å²) >= 11 is 0. The number of rotatable bonds is 6. The average Bonchev–Trinajstić information content (AvgIpc) is 3.26. The standard InChI is InChI=1S/C56H54N2Si2/c1-43(2)51-31-21-32-52(44(3)4)55(51)57-59(39-35-47-23-13-9-14-24-47,40-36-48-25-15-10-16-26-48)58(56-53(45(5)6)33-22-34-54(56)46(7)8)60(57,41-37-49-27-17-11-18-28-49)42-38-50-29-19-12-20-30-50/h9-34,43-46H,1-8H3. The summed E-state index contributed by atoms with van der Waals surface area (Å²) in [4.78, 5) is 0. The summed E-state index contributed by atoms with van der Waals surface area (Å²) in [6, 6.07) is 55.2. The van der Waals surface area contributed by atoms with E-state index in [1.165, 1.54) is 33.6 Å². The highest BCUT2D eigenvalue weighted by Gasteiger charge is 2.74. The summed E-state index contributed by atoms with van der Waals surface area (Å²) in [6.45, 7) is 18.4. The molecule has 2 nitrogen and oxygen atoms in total. The summed E-state index contributed by atoms with van der Waals surface area (Å²) in [5.41, 5.74) is 27.7. The number of anilines is 2. The molecule has 0 bridgehead atoms. The molecule has 1 heterocycles. The van der Waals surface area contributed by atoms with Gasteiger partial charge in [0.15, 0.2) is 0 Å². The van der Waals surface area contributed by atoms with Gasteiger partial charge in [-0.3, -0.25) is 0 Å². The van der Waals surface area contributed by atoms with Gasteiger partial charge in [-0.1, -0.05) is 210 Å². The number of hydrogen-bond acceptors (Lipinski definition) is 2. The summed E-state index contributed by atoms with van der Waals surface area (Å²) in [7, 11) is -7.14. The van der Waals surface area contributed by atoms with Crippen LogP contribution >= 0.6 is 0 Å². The monoisotopic (exact) mass is 810 g/mol. The first-order valence-corrected chi connectivity index (χ1v) is 25.0. The minimum absolute atomic E-state index is 0.216. The molecule has 0 amide bonds. The van der Waals surface area contributed by atoms with Crippen molar-refractivity contribution in [1.29, 1.82) is 0 Å². The van der Waals surface area contributed by atoms with Crippen molar-refractivity contribution in [1.82, 2.24) is 0 Å². The summed E-state index contributed by atoms with van der Waals surface area (Å²) in [5, 5.41) is 0. The van der Waals surface area contributed by atoms with E-state index < -0.39 is 16.8 Å². The lowest BCUT2D eigenvalue weighted by Gasteiger charge is -2.65. The Morgan fingerprint density at radius 2 is 0.517 bits per heavy atom. The van der Waals surface area contributed by atoms with E-state index in [9.17, 15) is 0 Å². The van der Waals surface area contributed by atoms with Crippen molar-refractivity contribution < 1.29 is 0 Å². The van der Waals surface area contributed by atoms with Gasteiger partial charge in [-0.25, -0.2) is 0 Å². The van der Waals surface area contributed by atoms with Gasteiger partial charge in [0.1, 0.15) is 0 Å². The van der Waals surface area contributed by atoms with Crippen molar-refractivity contribution in [3.63, 3.8) is 0 Å². The Bertz CT molecular complexity index is 2320. The third-order valence-corrected chi connectivity index (χ3v) is 20.3. The van der Waals surface area contributed by atoms with Crippen molar-refractivity contribution in [2.75, 3.05) is 8.46 Å². The molecule has 0 saturated carbocycles.